The molecule has 5 heteroatoms. The van der Waals surface area contributed by atoms with E-state index < -0.39 is 0 Å². The van der Waals surface area contributed by atoms with Crippen LogP contribution in [-0.4, -0.2) is 64.1 Å². The van der Waals surface area contributed by atoms with Crippen LogP contribution >= 0.6 is 0 Å². The Balaban J connectivity index is 2.68. The molecule has 0 saturated carbocycles. The molecule has 0 heterocycles. The summed E-state index contributed by atoms with van der Waals surface area (Å²) >= 11 is 0. The van der Waals surface area contributed by atoms with Crippen molar-refractivity contribution in [3.8, 4) is 5.75 Å². The first-order valence-electron chi connectivity index (χ1n) is 8.36. The van der Waals surface area contributed by atoms with Crippen LogP contribution < -0.4 is 10.1 Å². The zero-order chi connectivity index (χ0) is 17.9. The van der Waals surface area contributed by atoms with E-state index in [2.05, 4.69) is 60.0 Å². The Bertz CT molecular complexity index is 511. The second kappa shape index (κ2) is 10.7. The molecule has 0 aliphatic carbocycles. The van der Waals surface area contributed by atoms with Crippen molar-refractivity contribution in [1.82, 2.24) is 15.1 Å². The molecule has 0 saturated heterocycles. The van der Waals surface area contributed by atoms with Gasteiger partial charge in [0.25, 0.3) is 0 Å². The minimum atomic E-state index is 0.259. The molecule has 1 aromatic carbocycles. The van der Waals surface area contributed by atoms with Crippen molar-refractivity contribution in [1.29, 1.82) is 0 Å². The van der Waals surface area contributed by atoms with E-state index in [9.17, 15) is 0 Å². The van der Waals surface area contributed by atoms with Crippen LogP contribution in [0.2, 0.25) is 0 Å². The number of rotatable bonds is 9. The van der Waals surface area contributed by atoms with Crippen LogP contribution in [0.1, 0.15) is 24.4 Å². The number of allylic oxidation sites excluding steroid dienone is 1. The standard InChI is InChI=1S/C19H32N4O/c1-7-8-9-14-23(5)19(20-2)21-15-18(22(3)4)16-10-12-17(24-6)13-11-16/h7,10-13,18H,1,8-9,14-15H2,2-6H3,(H,20,21). The minimum Gasteiger partial charge on any atom is -0.497 e. The van der Waals surface area contributed by atoms with Crippen LogP contribution in [0, 0.1) is 0 Å². The Morgan fingerprint density at radius 1 is 1.29 bits per heavy atom. The summed E-state index contributed by atoms with van der Waals surface area (Å²) in [6, 6.07) is 8.49. The number of nitrogens with zero attached hydrogens (tertiary/aromatic N) is 3. The van der Waals surface area contributed by atoms with Crippen molar-refractivity contribution < 1.29 is 4.74 Å². The second-order valence-electron chi connectivity index (χ2n) is 6.03. The van der Waals surface area contributed by atoms with Gasteiger partial charge in [-0.3, -0.25) is 4.99 Å². The molecule has 0 aromatic heterocycles. The molecule has 1 rings (SSSR count). The lowest BCUT2D eigenvalue weighted by Gasteiger charge is -2.28. The molecular weight excluding hydrogens is 300 g/mol. The molecule has 0 aliphatic heterocycles. The zero-order valence-corrected chi connectivity index (χ0v) is 15.7. The van der Waals surface area contributed by atoms with Gasteiger partial charge in [-0.2, -0.15) is 0 Å². The predicted octanol–water partition coefficient (Wildman–Crippen LogP) is 2.77. The van der Waals surface area contributed by atoms with Crippen LogP contribution in [0.15, 0.2) is 41.9 Å². The number of ether oxygens (including phenoxy) is 1. The predicted molar refractivity (Wildman–Crippen MR) is 103 cm³/mol. The third-order valence-corrected chi connectivity index (χ3v) is 4.05. The van der Waals surface area contributed by atoms with E-state index in [1.807, 2.05) is 25.3 Å². The number of methoxy groups -OCH3 is 1. The molecule has 24 heavy (non-hydrogen) atoms. The molecule has 0 amide bonds. The van der Waals surface area contributed by atoms with Crippen LogP contribution in [0.4, 0.5) is 0 Å². The number of aliphatic imine (C=N–C) groups is 1. The number of unbranched alkanes of at least 4 members (excludes halogenated alkanes) is 1. The lowest BCUT2D eigenvalue weighted by atomic mass is 10.1. The van der Waals surface area contributed by atoms with E-state index in [1.165, 1.54) is 5.56 Å². The molecule has 1 atom stereocenters. The lowest BCUT2D eigenvalue weighted by molar-refractivity contribution is 0.295. The highest BCUT2D eigenvalue weighted by molar-refractivity contribution is 5.79. The van der Waals surface area contributed by atoms with Crippen LogP contribution in [0.25, 0.3) is 0 Å². The smallest absolute Gasteiger partial charge is 0.193 e. The van der Waals surface area contributed by atoms with Gasteiger partial charge in [0.2, 0.25) is 0 Å². The number of hydrogen-bond donors (Lipinski definition) is 1. The van der Waals surface area contributed by atoms with Gasteiger partial charge in [-0.25, -0.2) is 0 Å². The van der Waals surface area contributed by atoms with Gasteiger partial charge < -0.3 is 19.9 Å². The fraction of sp³-hybridized carbons (Fsp3) is 0.526. The molecule has 0 spiro atoms. The van der Waals surface area contributed by atoms with Crippen molar-refractivity contribution >= 4 is 5.96 Å². The Morgan fingerprint density at radius 3 is 2.46 bits per heavy atom. The third kappa shape index (κ3) is 6.24. The van der Waals surface area contributed by atoms with E-state index >= 15 is 0 Å². The summed E-state index contributed by atoms with van der Waals surface area (Å²) < 4.78 is 5.24. The fourth-order valence-corrected chi connectivity index (χ4v) is 2.58. The first-order valence-corrected chi connectivity index (χ1v) is 8.36. The van der Waals surface area contributed by atoms with Gasteiger partial charge in [0.15, 0.2) is 5.96 Å². The summed E-state index contributed by atoms with van der Waals surface area (Å²) in [6.07, 6.45) is 4.06. The maximum absolute atomic E-state index is 5.24. The molecule has 1 aromatic rings. The van der Waals surface area contributed by atoms with Gasteiger partial charge in [0.1, 0.15) is 5.75 Å². The average molecular weight is 332 g/mol. The van der Waals surface area contributed by atoms with Crippen LogP contribution in [0.5, 0.6) is 5.75 Å². The second-order valence-corrected chi connectivity index (χ2v) is 6.03. The molecule has 1 N–H and O–H groups in total. The molecular formula is C19H32N4O. The number of likely N-dealkylation sites (N-methyl/N-ethyl adjacent to an activating group) is 1. The van der Waals surface area contributed by atoms with Crippen LogP contribution in [-0.2, 0) is 0 Å². The first kappa shape index (κ1) is 20.0. The topological polar surface area (TPSA) is 40.1 Å². The van der Waals surface area contributed by atoms with Gasteiger partial charge in [-0.05, 0) is 44.6 Å². The lowest BCUT2D eigenvalue weighted by Crippen LogP contribution is -2.43. The molecule has 0 fully saturated rings. The Kier molecular flexibility index (Phi) is 8.94. The number of guanidine groups is 1. The summed E-state index contributed by atoms with van der Waals surface area (Å²) in [5, 5.41) is 3.48. The number of benzene rings is 1. The summed E-state index contributed by atoms with van der Waals surface area (Å²) in [6.45, 7) is 5.52. The zero-order valence-electron chi connectivity index (χ0n) is 15.7. The van der Waals surface area contributed by atoms with Crippen LogP contribution in [0.3, 0.4) is 0 Å². The van der Waals surface area contributed by atoms with Crippen molar-refractivity contribution in [3.05, 3.63) is 42.5 Å². The summed E-state index contributed by atoms with van der Waals surface area (Å²) in [5.41, 5.74) is 1.25. The van der Waals surface area contributed by atoms with Gasteiger partial charge >= 0.3 is 0 Å². The van der Waals surface area contributed by atoms with E-state index in [-0.39, 0.29) is 6.04 Å². The third-order valence-electron chi connectivity index (χ3n) is 4.05. The highest BCUT2D eigenvalue weighted by atomic mass is 16.5. The molecule has 0 radical (unpaired) electrons. The molecule has 0 bridgehead atoms. The first-order chi connectivity index (χ1) is 11.5. The minimum absolute atomic E-state index is 0.259. The molecule has 1 unspecified atom stereocenters. The van der Waals surface area contributed by atoms with Crippen molar-refractivity contribution in [2.24, 2.45) is 4.99 Å². The fourth-order valence-electron chi connectivity index (χ4n) is 2.58. The average Bonchev–Trinajstić information content (AvgIpc) is 2.59. The molecule has 0 aliphatic rings. The Hall–Kier alpha value is -2.01. The van der Waals surface area contributed by atoms with Gasteiger partial charge in [-0.15, -0.1) is 6.58 Å². The number of hydrogen-bond acceptors (Lipinski definition) is 3. The summed E-state index contributed by atoms with van der Waals surface area (Å²) in [7, 11) is 9.76. The maximum atomic E-state index is 5.24. The SMILES string of the molecule is C=CCCCN(C)C(=NC)NCC(c1ccc(OC)cc1)N(C)C. The van der Waals surface area contributed by atoms with Crippen molar-refractivity contribution in [2.75, 3.05) is 48.4 Å². The molecule has 134 valence electrons. The maximum Gasteiger partial charge on any atom is 0.193 e. The highest BCUT2D eigenvalue weighted by Crippen LogP contribution is 2.20. The normalized spacial score (nSPS) is 12.8. The number of nitrogens with one attached hydrogen (secondary N) is 1. The van der Waals surface area contributed by atoms with E-state index in [1.54, 1.807) is 7.11 Å². The van der Waals surface area contributed by atoms with Gasteiger partial charge in [0, 0.05) is 27.2 Å². The van der Waals surface area contributed by atoms with Crippen molar-refractivity contribution in [2.45, 2.75) is 18.9 Å². The van der Waals surface area contributed by atoms with E-state index in [0.29, 0.717) is 0 Å². The Labute approximate surface area is 147 Å². The summed E-state index contributed by atoms with van der Waals surface area (Å²) in [5.74, 6) is 1.79. The van der Waals surface area contributed by atoms with E-state index in [0.717, 1.165) is 37.6 Å². The van der Waals surface area contributed by atoms with Gasteiger partial charge in [0.05, 0.1) is 13.2 Å². The van der Waals surface area contributed by atoms with Crippen molar-refractivity contribution in [3.63, 3.8) is 0 Å². The Morgan fingerprint density at radius 2 is 1.96 bits per heavy atom. The van der Waals surface area contributed by atoms with E-state index in [4.69, 9.17) is 4.74 Å². The monoisotopic (exact) mass is 332 g/mol. The molecule has 5 nitrogen and oxygen atoms in total. The highest BCUT2D eigenvalue weighted by Gasteiger charge is 2.15. The largest absolute Gasteiger partial charge is 0.497 e. The summed E-state index contributed by atoms with van der Waals surface area (Å²) in [4.78, 5) is 8.75. The quantitative estimate of drug-likeness (QED) is 0.327. The van der Waals surface area contributed by atoms with Gasteiger partial charge in [-0.1, -0.05) is 18.2 Å².